The van der Waals surface area contributed by atoms with Gasteiger partial charge < -0.3 is 9.64 Å². The number of carbonyl (C=O) groups is 1. The molecule has 3 fully saturated rings. The van der Waals surface area contributed by atoms with Crippen molar-refractivity contribution in [1.82, 2.24) is 9.80 Å². The van der Waals surface area contributed by atoms with Gasteiger partial charge in [0.15, 0.2) is 9.84 Å². The van der Waals surface area contributed by atoms with E-state index in [0.717, 1.165) is 19.1 Å². The van der Waals surface area contributed by atoms with Crippen molar-refractivity contribution < 1.29 is 17.9 Å². The Kier molecular flexibility index (Phi) is 5.03. The predicted molar refractivity (Wildman–Crippen MR) is 97.5 cm³/mol. The molecule has 0 N–H and O–H groups in total. The van der Waals surface area contributed by atoms with Crippen molar-refractivity contribution >= 4 is 15.7 Å². The zero-order valence-corrected chi connectivity index (χ0v) is 15.7. The molecule has 6 nitrogen and oxygen atoms in total. The zero-order chi connectivity index (χ0) is 18.1. The fourth-order valence-corrected chi connectivity index (χ4v) is 5.37. The predicted octanol–water partition coefficient (Wildman–Crippen LogP) is 1.17. The Bertz CT molecular complexity index is 748. The van der Waals surface area contributed by atoms with Crippen molar-refractivity contribution in [1.29, 1.82) is 0 Å². The summed E-state index contributed by atoms with van der Waals surface area (Å²) in [6, 6.07) is 9.10. The Balaban J connectivity index is 1.33. The van der Waals surface area contributed by atoms with E-state index in [4.69, 9.17) is 4.74 Å². The molecule has 2 aliphatic heterocycles. The lowest BCUT2D eigenvalue weighted by molar-refractivity contribution is -0.140. The molecular weight excluding hydrogens is 352 g/mol. The van der Waals surface area contributed by atoms with E-state index < -0.39 is 9.84 Å². The summed E-state index contributed by atoms with van der Waals surface area (Å²) >= 11 is 0. The Morgan fingerprint density at radius 3 is 2.62 bits per heavy atom. The van der Waals surface area contributed by atoms with Crippen LogP contribution in [-0.2, 0) is 19.4 Å². The molecule has 4 rings (SSSR count). The van der Waals surface area contributed by atoms with Gasteiger partial charge in [-0.05, 0) is 30.9 Å². The molecule has 3 aliphatic rings. The van der Waals surface area contributed by atoms with Crippen LogP contribution in [-0.4, -0.2) is 74.8 Å². The zero-order valence-electron chi connectivity index (χ0n) is 14.9. The highest BCUT2D eigenvalue weighted by Crippen LogP contribution is 2.38. The summed E-state index contributed by atoms with van der Waals surface area (Å²) in [5.74, 6) is 0.552. The number of nitrogens with zero attached hydrogens (tertiary/aromatic N) is 2. The number of ether oxygens (including phenoxy) is 1. The van der Waals surface area contributed by atoms with Crippen LogP contribution in [0.2, 0.25) is 0 Å². The van der Waals surface area contributed by atoms with Gasteiger partial charge in [-0.3, -0.25) is 9.69 Å². The van der Waals surface area contributed by atoms with Gasteiger partial charge >= 0.3 is 0 Å². The number of fused-ring (bicyclic) bond motifs is 1. The largest absolute Gasteiger partial charge is 0.378 e. The second kappa shape index (κ2) is 7.29. The monoisotopic (exact) mass is 378 g/mol. The molecule has 26 heavy (non-hydrogen) atoms. The molecule has 0 aromatic heterocycles. The van der Waals surface area contributed by atoms with Gasteiger partial charge in [-0.15, -0.1) is 0 Å². The molecule has 2 unspecified atom stereocenters. The summed E-state index contributed by atoms with van der Waals surface area (Å²) in [4.78, 5) is 17.2. The van der Waals surface area contributed by atoms with Gasteiger partial charge in [-0.2, -0.15) is 0 Å². The second-order valence-electron chi connectivity index (χ2n) is 7.56. The average molecular weight is 378 g/mol. The second-order valence-corrected chi connectivity index (χ2v) is 9.66. The normalized spacial score (nSPS) is 27.2. The molecule has 7 heteroatoms. The number of carbonyl (C=O) groups excluding carboxylic acids is 1. The molecule has 142 valence electrons. The van der Waals surface area contributed by atoms with Crippen LogP contribution in [0, 0.1) is 5.92 Å². The number of morpholine rings is 1. The number of sulfone groups is 1. The van der Waals surface area contributed by atoms with Crippen LogP contribution in [0.25, 0.3) is 0 Å². The Labute approximate surface area is 155 Å². The van der Waals surface area contributed by atoms with E-state index in [-0.39, 0.29) is 29.0 Å². The molecule has 0 bridgehead atoms. The maximum atomic E-state index is 12.6. The molecule has 0 radical (unpaired) electrons. The average Bonchev–Trinajstić information content (AvgIpc) is 3.51. The summed E-state index contributed by atoms with van der Waals surface area (Å²) in [7, 11) is -3.41. The third kappa shape index (κ3) is 3.80. The maximum Gasteiger partial charge on any atom is 0.223 e. The van der Waals surface area contributed by atoms with Gasteiger partial charge in [0.25, 0.3) is 0 Å². The molecule has 2 heterocycles. The molecule has 1 aliphatic carbocycles. The van der Waals surface area contributed by atoms with Crippen LogP contribution in [0.5, 0.6) is 0 Å². The maximum absolute atomic E-state index is 12.6. The van der Waals surface area contributed by atoms with E-state index in [1.807, 2.05) is 4.90 Å². The lowest BCUT2D eigenvalue weighted by Crippen LogP contribution is -2.63. The summed E-state index contributed by atoms with van der Waals surface area (Å²) in [6.07, 6.45) is 2.62. The molecule has 2 atom stereocenters. The third-order valence-corrected chi connectivity index (χ3v) is 7.49. The molecule has 2 saturated heterocycles. The van der Waals surface area contributed by atoms with E-state index in [2.05, 4.69) is 4.90 Å². The minimum absolute atomic E-state index is 0.0385. The van der Waals surface area contributed by atoms with Crippen LogP contribution in [0.1, 0.15) is 19.3 Å². The first-order chi connectivity index (χ1) is 12.5. The number of benzene rings is 1. The van der Waals surface area contributed by atoms with Gasteiger partial charge in [0.1, 0.15) is 0 Å². The number of hydrogen-bond donors (Lipinski definition) is 0. The van der Waals surface area contributed by atoms with Crippen molar-refractivity contribution in [3.05, 3.63) is 30.3 Å². The summed E-state index contributed by atoms with van der Waals surface area (Å²) in [5.41, 5.74) is 0. The highest BCUT2D eigenvalue weighted by Gasteiger charge is 2.43. The van der Waals surface area contributed by atoms with E-state index in [1.165, 1.54) is 12.8 Å². The molecule has 1 amide bonds. The SMILES string of the molecule is O=C(CCS(=O)(=O)c1ccccc1)N1CCN2C(COCC2C2CC2)C1. The van der Waals surface area contributed by atoms with Crippen LogP contribution < -0.4 is 0 Å². The van der Waals surface area contributed by atoms with Crippen molar-refractivity contribution in [3.63, 3.8) is 0 Å². The van der Waals surface area contributed by atoms with Crippen LogP contribution >= 0.6 is 0 Å². The first-order valence-corrected chi connectivity index (χ1v) is 11.1. The van der Waals surface area contributed by atoms with Crippen molar-refractivity contribution in [3.8, 4) is 0 Å². The van der Waals surface area contributed by atoms with Crippen molar-refractivity contribution in [2.24, 2.45) is 5.92 Å². The minimum atomic E-state index is -3.41. The minimum Gasteiger partial charge on any atom is -0.378 e. The van der Waals surface area contributed by atoms with Crippen molar-refractivity contribution in [2.45, 2.75) is 36.2 Å². The lowest BCUT2D eigenvalue weighted by Gasteiger charge is -2.48. The highest BCUT2D eigenvalue weighted by atomic mass is 32.2. The van der Waals surface area contributed by atoms with Crippen molar-refractivity contribution in [2.75, 3.05) is 38.6 Å². The van der Waals surface area contributed by atoms with E-state index >= 15 is 0 Å². The van der Waals surface area contributed by atoms with Gasteiger partial charge in [0, 0.05) is 32.1 Å². The summed E-state index contributed by atoms with van der Waals surface area (Å²) in [5, 5.41) is 0. The van der Waals surface area contributed by atoms with E-state index in [1.54, 1.807) is 30.3 Å². The number of rotatable bonds is 5. The summed E-state index contributed by atoms with van der Waals surface area (Å²) in [6.45, 7) is 3.67. The first-order valence-electron chi connectivity index (χ1n) is 9.44. The topological polar surface area (TPSA) is 66.9 Å². The first kappa shape index (κ1) is 17.9. The Morgan fingerprint density at radius 1 is 1.12 bits per heavy atom. The van der Waals surface area contributed by atoms with Crippen LogP contribution in [0.3, 0.4) is 0 Å². The van der Waals surface area contributed by atoms with E-state index in [9.17, 15) is 13.2 Å². The molecule has 1 saturated carbocycles. The fourth-order valence-electron chi connectivity index (χ4n) is 4.11. The number of amides is 1. The van der Waals surface area contributed by atoms with E-state index in [0.29, 0.717) is 25.7 Å². The Morgan fingerprint density at radius 2 is 1.88 bits per heavy atom. The quantitative estimate of drug-likeness (QED) is 0.770. The number of piperazine rings is 1. The third-order valence-electron chi connectivity index (χ3n) is 5.76. The molecule has 1 aromatic rings. The van der Waals surface area contributed by atoms with Gasteiger partial charge in [0.05, 0.1) is 29.9 Å². The van der Waals surface area contributed by atoms with Gasteiger partial charge in [0.2, 0.25) is 5.91 Å². The molecule has 0 spiro atoms. The van der Waals surface area contributed by atoms with Gasteiger partial charge in [-0.1, -0.05) is 18.2 Å². The lowest BCUT2D eigenvalue weighted by atomic mass is 10.0. The van der Waals surface area contributed by atoms with Crippen LogP contribution in [0.4, 0.5) is 0 Å². The highest BCUT2D eigenvalue weighted by molar-refractivity contribution is 7.91. The molecule has 1 aromatic carbocycles. The Hall–Kier alpha value is -1.44. The summed E-state index contributed by atoms with van der Waals surface area (Å²) < 4.78 is 30.5. The number of hydrogen-bond acceptors (Lipinski definition) is 5. The standard InChI is InChI=1S/C19H26N2O4S/c22-19(8-11-26(23,24)17-4-2-1-3-5-17)20-9-10-21-16(12-20)13-25-14-18(21)15-6-7-15/h1-5,15-16,18H,6-14H2. The van der Waals surface area contributed by atoms with Crippen LogP contribution in [0.15, 0.2) is 35.2 Å². The van der Waals surface area contributed by atoms with Gasteiger partial charge in [-0.25, -0.2) is 8.42 Å². The fraction of sp³-hybridized carbons (Fsp3) is 0.632. The molecular formula is C19H26N2O4S. The smallest absolute Gasteiger partial charge is 0.223 e.